The van der Waals surface area contributed by atoms with Crippen LogP contribution in [0.25, 0.3) is 22.9 Å². The number of nitrogens with zero attached hydrogens (tertiary/aromatic N) is 1. The molecule has 1 aliphatic rings. The lowest BCUT2D eigenvalue weighted by Crippen LogP contribution is -2.47. The van der Waals surface area contributed by atoms with Crippen LogP contribution in [-0.2, 0) is 4.79 Å². The first-order valence-corrected chi connectivity index (χ1v) is 12.9. The molecule has 0 saturated heterocycles. The molecule has 1 heterocycles. The highest BCUT2D eigenvalue weighted by Crippen LogP contribution is 2.32. The molecule has 39 heavy (non-hydrogen) atoms. The van der Waals surface area contributed by atoms with E-state index in [1.165, 1.54) is 7.11 Å². The second-order valence-electron chi connectivity index (χ2n) is 9.90. The van der Waals surface area contributed by atoms with Gasteiger partial charge >= 0.3 is 5.97 Å². The molecular formula is C33H29NO5. The molecular weight excluding hydrogens is 490 g/mol. The van der Waals surface area contributed by atoms with Crippen molar-refractivity contribution < 1.29 is 23.9 Å². The van der Waals surface area contributed by atoms with E-state index in [1.807, 2.05) is 50.3 Å². The Morgan fingerprint density at radius 1 is 0.821 bits per heavy atom. The lowest BCUT2D eigenvalue weighted by atomic mass is 10.0. The Labute approximate surface area is 227 Å². The maximum Gasteiger partial charge on any atom is 0.334 e. The Kier molecular flexibility index (Phi) is 7.28. The maximum absolute atomic E-state index is 13.4. The molecule has 1 unspecified atom stereocenters. The molecule has 0 fully saturated rings. The topological polar surface area (TPSA) is 72.9 Å². The Bertz CT molecular complexity index is 1560. The zero-order chi connectivity index (χ0) is 27.5. The minimum absolute atomic E-state index is 0.0374. The van der Waals surface area contributed by atoms with Gasteiger partial charge in [0.1, 0.15) is 6.04 Å². The van der Waals surface area contributed by atoms with Crippen LogP contribution in [0.1, 0.15) is 52.1 Å². The molecule has 196 valence electrons. The summed E-state index contributed by atoms with van der Waals surface area (Å²) in [7, 11) is 1.50. The molecule has 0 aromatic heterocycles. The third kappa shape index (κ3) is 5.18. The van der Waals surface area contributed by atoms with Crippen molar-refractivity contribution >= 4 is 40.7 Å². The molecule has 0 bridgehead atoms. The van der Waals surface area contributed by atoms with Gasteiger partial charge in [-0.3, -0.25) is 14.5 Å². The van der Waals surface area contributed by atoms with Crippen molar-refractivity contribution in [3.05, 3.63) is 107 Å². The normalized spacial score (nSPS) is 13.8. The van der Waals surface area contributed by atoms with Gasteiger partial charge in [0.25, 0.3) is 11.8 Å². The molecule has 6 heteroatoms. The van der Waals surface area contributed by atoms with Crippen molar-refractivity contribution in [2.75, 3.05) is 7.11 Å². The minimum Gasteiger partial charge on any atom is -0.493 e. The van der Waals surface area contributed by atoms with E-state index in [0.717, 1.165) is 26.8 Å². The van der Waals surface area contributed by atoms with E-state index >= 15 is 0 Å². The second kappa shape index (κ2) is 11.0. The number of carbonyl (C=O) groups is 3. The summed E-state index contributed by atoms with van der Waals surface area (Å²) in [5.74, 6) is -1.03. The van der Waals surface area contributed by atoms with Crippen LogP contribution in [0.5, 0.6) is 11.5 Å². The number of amides is 2. The van der Waals surface area contributed by atoms with Crippen LogP contribution in [0.3, 0.4) is 0 Å². The summed E-state index contributed by atoms with van der Waals surface area (Å²) < 4.78 is 11.3. The van der Waals surface area contributed by atoms with Crippen molar-refractivity contribution in [1.82, 2.24) is 4.90 Å². The van der Waals surface area contributed by atoms with Crippen LogP contribution in [0.4, 0.5) is 0 Å². The second-order valence-corrected chi connectivity index (χ2v) is 9.90. The van der Waals surface area contributed by atoms with E-state index < -0.39 is 23.8 Å². The molecule has 0 spiro atoms. The molecule has 1 aliphatic heterocycles. The number of fused-ring (bicyclic) bond motifs is 2. The molecule has 0 N–H and O–H groups in total. The van der Waals surface area contributed by atoms with Crippen LogP contribution in [-0.4, -0.2) is 35.8 Å². The molecule has 5 rings (SSSR count). The number of hydrogen-bond acceptors (Lipinski definition) is 5. The quantitative estimate of drug-likeness (QED) is 0.113. The molecule has 0 aliphatic carbocycles. The lowest BCUT2D eigenvalue weighted by Gasteiger charge is -2.26. The van der Waals surface area contributed by atoms with Crippen LogP contribution in [0.15, 0.2) is 84.9 Å². The van der Waals surface area contributed by atoms with E-state index in [9.17, 15) is 14.4 Å². The van der Waals surface area contributed by atoms with E-state index in [2.05, 4.69) is 24.3 Å². The van der Waals surface area contributed by atoms with Gasteiger partial charge in [-0.15, -0.1) is 0 Å². The summed E-state index contributed by atoms with van der Waals surface area (Å²) in [5, 5.41) is 2.31. The largest absolute Gasteiger partial charge is 0.493 e. The summed E-state index contributed by atoms with van der Waals surface area (Å²) in [5.41, 5.74) is 2.53. The van der Waals surface area contributed by atoms with Gasteiger partial charge in [0.05, 0.1) is 18.2 Å². The fourth-order valence-electron chi connectivity index (χ4n) is 4.87. The molecule has 0 saturated carbocycles. The predicted octanol–water partition coefficient (Wildman–Crippen LogP) is 6.64. The van der Waals surface area contributed by atoms with Crippen molar-refractivity contribution in [3.63, 3.8) is 0 Å². The number of imide groups is 1. The predicted molar refractivity (Wildman–Crippen MR) is 152 cm³/mol. The number of methoxy groups -OCH3 is 1. The number of ether oxygens (including phenoxy) is 2. The highest BCUT2D eigenvalue weighted by molar-refractivity contribution is 6.22. The summed E-state index contributed by atoms with van der Waals surface area (Å²) in [4.78, 5) is 40.6. The first-order valence-electron chi connectivity index (χ1n) is 12.9. The maximum atomic E-state index is 13.4. The van der Waals surface area contributed by atoms with E-state index in [-0.39, 0.29) is 18.1 Å². The summed E-state index contributed by atoms with van der Waals surface area (Å²) >= 11 is 0. The Balaban J connectivity index is 1.39. The van der Waals surface area contributed by atoms with Gasteiger partial charge in [0.15, 0.2) is 11.5 Å². The number of rotatable bonds is 8. The zero-order valence-electron chi connectivity index (χ0n) is 22.1. The average molecular weight is 520 g/mol. The highest BCUT2D eigenvalue weighted by Gasteiger charge is 2.43. The third-order valence-electron chi connectivity index (χ3n) is 6.78. The van der Waals surface area contributed by atoms with Gasteiger partial charge in [-0.2, -0.15) is 0 Å². The number of esters is 1. The standard InChI is InChI=1S/C33H29NO5/c1-21(2)19-28(34-31(35)26-13-6-7-14-27(26)32(34)36)33(37)39-29-18-16-22(20-30(29)38-3)15-17-24-11-8-10-23-9-4-5-12-25(23)24/h4-18,20-21,28H,19H2,1-3H3/b17-15+. The molecule has 2 amide bonds. The highest BCUT2D eigenvalue weighted by atomic mass is 16.6. The smallest absolute Gasteiger partial charge is 0.334 e. The zero-order valence-corrected chi connectivity index (χ0v) is 22.1. The van der Waals surface area contributed by atoms with E-state index in [1.54, 1.807) is 36.4 Å². The van der Waals surface area contributed by atoms with Crippen molar-refractivity contribution in [2.45, 2.75) is 26.3 Å². The van der Waals surface area contributed by atoms with Gasteiger partial charge in [0.2, 0.25) is 0 Å². The van der Waals surface area contributed by atoms with E-state index in [0.29, 0.717) is 16.9 Å². The number of benzene rings is 4. The Hall–Kier alpha value is -4.71. The van der Waals surface area contributed by atoms with Crippen LogP contribution >= 0.6 is 0 Å². The summed E-state index contributed by atoms with van der Waals surface area (Å²) in [6.07, 6.45) is 4.28. The molecule has 6 nitrogen and oxygen atoms in total. The first kappa shape index (κ1) is 25.9. The van der Waals surface area contributed by atoms with Gasteiger partial charge in [-0.05, 0) is 58.5 Å². The van der Waals surface area contributed by atoms with Crippen molar-refractivity contribution in [1.29, 1.82) is 0 Å². The van der Waals surface area contributed by atoms with Crippen LogP contribution in [0, 0.1) is 5.92 Å². The third-order valence-corrected chi connectivity index (χ3v) is 6.78. The molecule has 1 atom stereocenters. The number of carbonyl (C=O) groups excluding carboxylic acids is 3. The Morgan fingerprint density at radius 2 is 1.49 bits per heavy atom. The average Bonchev–Trinajstić information content (AvgIpc) is 3.20. The fourth-order valence-corrected chi connectivity index (χ4v) is 4.87. The SMILES string of the molecule is COc1cc(/C=C/c2cccc3ccccc23)ccc1OC(=O)C(CC(C)C)N1C(=O)c2ccccc2C1=O. The van der Waals surface area contributed by atoms with Gasteiger partial charge in [-0.1, -0.05) is 86.7 Å². The van der Waals surface area contributed by atoms with Gasteiger partial charge < -0.3 is 9.47 Å². The van der Waals surface area contributed by atoms with Crippen LogP contribution < -0.4 is 9.47 Å². The number of hydrogen-bond donors (Lipinski definition) is 0. The monoisotopic (exact) mass is 519 g/mol. The Morgan fingerprint density at radius 3 is 2.18 bits per heavy atom. The van der Waals surface area contributed by atoms with Crippen molar-refractivity contribution in [2.24, 2.45) is 5.92 Å². The van der Waals surface area contributed by atoms with Crippen LogP contribution in [0.2, 0.25) is 0 Å². The fraction of sp³-hybridized carbons (Fsp3) is 0.182. The molecule has 4 aromatic rings. The first-order chi connectivity index (χ1) is 18.9. The summed E-state index contributed by atoms with van der Waals surface area (Å²) in [6.45, 7) is 3.85. The lowest BCUT2D eigenvalue weighted by molar-refractivity contribution is -0.139. The van der Waals surface area contributed by atoms with Gasteiger partial charge in [0, 0.05) is 0 Å². The minimum atomic E-state index is -1.06. The van der Waals surface area contributed by atoms with Gasteiger partial charge in [-0.25, -0.2) is 4.79 Å². The summed E-state index contributed by atoms with van der Waals surface area (Å²) in [6, 6.07) is 25.1. The van der Waals surface area contributed by atoms with E-state index in [4.69, 9.17) is 9.47 Å². The molecule has 0 radical (unpaired) electrons. The van der Waals surface area contributed by atoms with Crippen molar-refractivity contribution in [3.8, 4) is 11.5 Å². The molecule has 4 aromatic carbocycles.